The second-order valence-electron chi connectivity index (χ2n) is 23.3. The summed E-state index contributed by atoms with van der Waals surface area (Å²) in [6.45, 7) is 18.8. The first-order valence-electron chi connectivity index (χ1n) is 27.2. The van der Waals surface area contributed by atoms with Gasteiger partial charge < -0.3 is 49.3 Å². The average Bonchev–Trinajstić information content (AvgIpc) is 4.06. The van der Waals surface area contributed by atoms with Crippen LogP contribution in [0, 0.1) is 11.2 Å². The minimum atomic E-state index is -3.92. The molecule has 22 heteroatoms. The molecule has 20 nitrogen and oxygen atoms in total. The van der Waals surface area contributed by atoms with Gasteiger partial charge in [-0.3, -0.25) is 29.4 Å². The number of carbonyl (C=O) groups excluding carboxylic acids is 4. The molecule has 3 aromatic carbocycles. The number of H-pyrrole nitrogens is 1. The maximum absolute atomic E-state index is 14.7. The van der Waals surface area contributed by atoms with Crippen LogP contribution in [0.25, 0.3) is 21.8 Å². The van der Waals surface area contributed by atoms with Gasteiger partial charge in [0.05, 0.1) is 79.9 Å². The predicted octanol–water partition coefficient (Wildman–Crippen LogP) is 7.96. The van der Waals surface area contributed by atoms with Gasteiger partial charge >= 0.3 is 6.09 Å². The summed E-state index contributed by atoms with van der Waals surface area (Å²) >= 11 is 0. The standard InChI is InChI=1S/C58H79FN8O12S/c1-36(66(11)55(71)79-57(5,6)7)52(68)63-50(56(2,3)4)54(70)67-35-39(32-47(67)53(69)62-43-18-14-16-37-15-12-13-17-40(37)43)77-29-27-75-25-23-74-24-26-76-28-30-78-48-34-46-41(33-49(48)80(72,73)58(8,9)10)44(21-22-60-46)61-51-42-31-38(59)19-20-45(42)64-65-51/h12-13,15,17,19-22,31,33-34,36,39,43,47,50H,14,16,18,23-30,32,35H2,1-11H3,(H,62,69)(H,63,68)(H2,60,61,64,65)/t36-,39-,43?,47-,50+/m0/s1. The van der Waals surface area contributed by atoms with Crippen molar-refractivity contribution >= 4 is 67.0 Å². The molecule has 4 N–H and O–H groups in total. The van der Waals surface area contributed by atoms with E-state index in [1.54, 1.807) is 72.9 Å². The summed E-state index contributed by atoms with van der Waals surface area (Å²) in [4.78, 5) is 62.8. The summed E-state index contributed by atoms with van der Waals surface area (Å²) in [7, 11) is -2.45. The summed E-state index contributed by atoms with van der Waals surface area (Å²) < 4.78 is 75.9. The van der Waals surface area contributed by atoms with Crippen LogP contribution in [0.3, 0.4) is 0 Å². The number of carbonyl (C=O) groups is 4. The first kappa shape index (κ1) is 61.2. The van der Waals surface area contributed by atoms with Crippen molar-refractivity contribution in [2.45, 2.75) is 140 Å². The Morgan fingerprint density at radius 3 is 2.21 bits per heavy atom. The highest BCUT2D eigenvalue weighted by Gasteiger charge is 2.46. The quantitative estimate of drug-likeness (QED) is 0.0454. The number of amides is 4. The first-order chi connectivity index (χ1) is 37.7. The molecular formula is C58H79FN8O12S. The summed E-state index contributed by atoms with van der Waals surface area (Å²) in [5.74, 6) is -1.22. The van der Waals surface area contributed by atoms with Gasteiger partial charge in [0, 0.05) is 43.0 Å². The van der Waals surface area contributed by atoms with Crippen molar-refractivity contribution in [2.75, 3.05) is 71.8 Å². The number of aromatic nitrogens is 3. The van der Waals surface area contributed by atoms with E-state index in [-0.39, 0.29) is 88.4 Å². The third-order valence-electron chi connectivity index (χ3n) is 14.1. The highest BCUT2D eigenvalue weighted by atomic mass is 32.2. The van der Waals surface area contributed by atoms with Gasteiger partial charge in [-0.2, -0.15) is 5.10 Å². The smallest absolute Gasteiger partial charge is 0.410 e. The van der Waals surface area contributed by atoms with Crippen LogP contribution >= 0.6 is 0 Å². The summed E-state index contributed by atoms with van der Waals surface area (Å²) in [5, 5.41) is 17.5. The Labute approximate surface area is 468 Å². The number of nitrogens with zero attached hydrogens (tertiary/aromatic N) is 4. The number of aromatic amines is 1. The van der Waals surface area contributed by atoms with Gasteiger partial charge in [-0.25, -0.2) is 17.6 Å². The lowest BCUT2D eigenvalue weighted by Gasteiger charge is -2.37. The third-order valence-corrected chi connectivity index (χ3v) is 16.6. The normalized spacial score (nSPS) is 17.6. The Balaban J connectivity index is 0.878. The molecule has 0 saturated carbocycles. The molecule has 1 fully saturated rings. The van der Waals surface area contributed by atoms with Crippen molar-refractivity contribution in [3.8, 4) is 5.75 Å². The van der Waals surface area contributed by atoms with E-state index in [0.717, 1.165) is 24.8 Å². The van der Waals surface area contributed by atoms with E-state index in [1.807, 2.05) is 39.0 Å². The molecule has 3 heterocycles. The van der Waals surface area contributed by atoms with Gasteiger partial charge in [0.15, 0.2) is 15.7 Å². The Morgan fingerprint density at radius 1 is 0.863 bits per heavy atom. The minimum absolute atomic E-state index is 0.0148. The predicted molar refractivity (Wildman–Crippen MR) is 301 cm³/mol. The Hall–Kier alpha value is -6.46. The lowest BCUT2D eigenvalue weighted by molar-refractivity contribution is -0.144. The maximum Gasteiger partial charge on any atom is 0.410 e. The molecule has 0 radical (unpaired) electrons. The Bertz CT molecular complexity index is 3100. The molecule has 1 unspecified atom stereocenters. The van der Waals surface area contributed by atoms with E-state index >= 15 is 0 Å². The minimum Gasteiger partial charge on any atom is -0.490 e. The average molecular weight is 1130 g/mol. The maximum atomic E-state index is 14.7. The highest BCUT2D eigenvalue weighted by Crippen LogP contribution is 2.39. The Morgan fingerprint density at radius 2 is 1.54 bits per heavy atom. The number of fused-ring (bicyclic) bond motifs is 3. The fourth-order valence-corrected chi connectivity index (χ4v) is 10.8. The lowest BCUT2D eigenvalue weighted by atomic mass is 9.85. The number of benzene rings is 3. The molecule has 2 aliphatic rings. The zero-order valence-electron chi connectivity index (χ0n) is 47.9. The fourth-order valence-electron chi connectivity index (χ4n) is 9.48. The molecule has 7 rings (SSSR count). The molecular weight excluding hydrogens is 1050 g/mol. The zero-order chi connectivity index (χ0) is 58.2. The topological polar surface area (TPSA) is 242 Å². The summed E-state index contributed by atoms with van der Waals surface area (Å²) in [6.07, 6.45) is 3.21. The van der Waals surface area contributed by atoms with Crippen LogP contribution in [0.15, 0.2) is 71.8 Å². The summed E-state index contributed by atoms with van der Waals surface area (Å²) in [5.41, 5.74) is 2.29. The van der Waals surface area contributed by atoms with E-state index < -0.39 is 73.6 Å². The van der Waals surface area contributed by atoms with Crippen molar-refractivity contribution in [3.63, 3.8) is 0 Å². The second-order valence-corrected chi connectivity index (χ2v) is 26.0. The molecule has 4 amide bonds. The van der Waals surface area contributed by atoms with Crippen molar-refractivity contribution in [1.82, 2.24) is 35.6 Å². The van der Waals surface area contributed by atoms with Crippen LogP contribution in [0.4, 0.5) is 20.7 Å². The number of anilines is 2. The number of pyridine rings is 1. The monoisotopic (exact) mass is 1130 g/mol. The van der Waals surface area contributed by atoms with E-state index in [9.17, 15) is 32.0 Å². The third kappa shape index (κ3) is 15.3. The fraction of sp³-hybridized carbons (Fsp3) is 0.552. The van der Waals surface area contributed by atoms with Crippen molar-refractivity contribution in [3.05, 3.63) is 83.8 Å². The molecule has 436 valence electrons. The van der Waals surface area contributed by atoms with Crippen LogP contribution in [0.5, 0.6) is 5.75 Å². The van der Waals surface area contributed by atoms with Gasteiger partial charge in [0.25, 0.3) is 0 Å². The van der Waals surface area contributed by atoms with E-state index in [2.05, 4.69) is 37.2 Å². The van der Waals surface area contributed by atoms with E-state index in [0.29, 0.717) is 33.3 Å². The van der Waals surface area contributed by atoms with Crippen LogP contribution in [0.1, 0.15) is 106 Å². The molecule has 0 spiro atoms. The number of halogens is 1. The van der Waals surface area contributed by atoms with Crippen LogP contribution < -0.4 is 20.7 Å². The number of likely N-dealkylation sites (N-methyl/N-ethyl adjacent to an activating group) is 1. The van der Waals surface area contributed by atoms with E-state index in [1.165, 1.54) is 40.6 Å². The van der Waals surface area contributed by atoms with Gasteiger partial charge in [0.1, 0.15) is 46.8 Å². The van der Waals surface area contributed by atoms with E-state index in [4.69, 9.17) is 28.4 Å². The van der Waals surface area contributed by atoms with Gasteiger partial charge in [0.2, 0.25) is 17.7 Å². The van der Waals surface area contributed by atoms with Crippen molar-refractivity contribution < 1.29 is 60.4 Å². The molecule has 2 aromatic heterocycles. The zero-order valence-corrected chi connectivity index (χ0v) is 48.7. The van der Waals surface area contributed by atoms with Gasteiger partial charge in [-0.1, -0.05) is 45.0 Å². The number of ether oxygens (including phenoxy) is 6. The number of aryl methyl sites for hydroxylation is 1. The van der Waals surface area contributed by atoms with Crippen LogP contribution in [-0.2, 0) is 54.3 Å². The molecule has 0 bridgehead atoms. The number of likely N-dealkylation sites (tertiary alicyclic amines) is 1. The number of rotatable bonds is 23. The van der Waals surface area contributed by atoms with Crippen LogP contribution in [0.2, 0.25) is 0 Å². The molecule has 5 aromatic rings. The molecule has 5 atom stereocenters. The van der Waals surface area contributed by atoms with Gasteiger partial charge in [-0.05, 0) is 115 Å². The van der Waals surface area contributed by atoms with Crippen molar-refractivity contribution in [1.29, 1.82) is 0 Å². The lowest BCUT2D eigenvalue weighted by Crippen LogP contribution is -2.60. The van der Waals surface area contributed by atoms with Gasteiger partial charge in [-0.15, -0.1) is 0 Å². The van der Waals surface area contributed by atoms with Crippen LogP contribution in [-0.4, -0.2) is 158 Å². The first-order valence-corrected chi connectivity index (χ1v) is 28.7. The van der Waals surface area contributed by atoms with Crippen molar-refractivity contribution in [2.24, 2.45) is 5.41 Å². The highest BCUT2D eigenvalue weighted by molar-refractivity contribution is 7.92. The number of hydrogen-bond donors (Lipinski definition) is 4. The molecule has 1 aliphatic carbocycles. The molecule has 1 saturated heterocycles. The number of nitrogens with one attached hydrogen (secondary N) is 4. The SMILES string of the molecule is C[C@@H](C(=O)N[C@H](C(=O)N1C[C@@H](OCCOCCOCCOCCOc2cc3nccc(Nc4n[nH]c5ccc(F)cc45)c3cc2S(=O)(=O)C(C)(C)C)C[C@H]1C(=O)NC1CCCc2ccccc21)C(C)(C)C)N(C)C(=O)OC(C)(C)C. The second kappa shape index (κ2) is 26.0. The number of sulfone groups is 1. The molecule has 80 heavy (non-hydrogen) atoms. The number of hydrogen-bond acceptors (Lipinski definition) is 15. The Kier molecular flexibility index (Phi) is 19.9. The summed E-state index contributed by atoms with van der Waals surface area (Å²) in [6, 6.07) is 14.0. The molecule has 1 aliphatic heterocycles. The largest absolute Gasteiger partial charge is 0.490 e.